The zero-order valence-corrected chi connectivity index (χ0v) is 13.2. The fourth-order valence-electron chi connectivity index (χ4n) is 2.77. The molecule has 0 aromatic heterocycles. The van der Waals surface area contributed by atoms with Crippen LogP contribution in [-0.2, 0) is 9.53 Å². The molecule has 1 aliphatic heterocycles. The number of carboxylic acid groups (broad SMARTS) is 1. The van der Waals surface area contributed by atoms with E-state index in [0.717, 1.165) is 0 Å². The lowest BCUT2D eigenvalue weighted by molar-refractivity contribution is -0.150. The number of ether oxygens (including phenoxy) is 1. The Morgan fingerprint density at radius 3 is 2.48 bits per heavy atom. The van der Waals surface area contributed by atoms with Crippen molar-refractivity contribution < 1.29 is 24.5 Å². The van der Waals surface area contributed by atoms with Crippen LogP contribution in [-0.4, -0.2) is 78.5 Å². The summed E-state index contributed by atoms with van der Waals surface area (Å²) in [5.41, 5.74) is -0.873. The zero-order chi connectivity index (χ0) is 16.2. The molecule has 2 amide bonds. The van der Waals surface area contributed by atoms with Gasteiger partial charge in [-0.15, -0.1) is 0 Å². The van der Waals surface area contributed by atoms with Crippen molar-refractivity contribution in [3.63, 3.8) is 0 Å². The third-order valence-electron chi connectivity index (χ3n) is 4.27. The first-order chi connectivity index (χ1) is 9.74. The average Bonchev–Trinajstić information content (AvgIpc) is 2.84. The largest absolute Gasteiger partial charge is 0.481 e. The minimum absolute atomic E-state index is 0.0443. The van der Waals surface area contributed by atoms with Gasteiger partial charge in [0, 0.05) is 27.2 Å². The summed E-state index contributed by atoms with van der Waals surface area (Å²) in [6.45, 7) is 4.69. The molecule has 122 valence electrons. The minimum Gasteiger partial charge on any atom is -0.481 e. The van der Waals surface area contributed by atoms with E-state index in [1.165, 1.54) is 12.0 Å². The maximum atomic E-state index is 12.3. The van der Waals surface area contributed by atoms with E-state index in [2.05, 4.69) is 0 Å². The highest BCUT2D eigenvalue weighted by molar-refractivity contribution is 5.80. The van der Waals surface area contributed by atoms with Crippen molar-refractivity contribution in [1.82, 2.24) is 9.80 Å². The second kappa shape index (κ2) is 7.09. The minimum atomic E-state index is -0.873. The van der Waals surface area contributed by atoms with Crippen LogP contribution in [0.1, 0.15) is 20.3 Å². The number of nitrogens with zero attached hydrogens (tertiary/aromatic N) is 2. The molecule has 21 heavy (non-hydrogen) atoms. The Hall–Kier alpha value is -1.34. The van der Waals surface area contributed by atoms with Crippen molar-refractivity contribution >= 4 is 12.0 Å². The van der Waals surface area contributed by atoms with Gasteiger partial charge in [-0.2, -0.15) is 0 Å². The lowest BCUT2D eigenvalue weighted by Crippen LogP contribution is -2.46. The molecule has 7 nitrogen and oxygen atoms in total. The fraction of sp³-hybridized carbons (Fsp3) is 0.857. The van der Waals surface area contributed by atoms with E-state index < -0.39 is 17.5 Å². The van der Waals surface area contributed by atoms with Crippen molar-refractivity contribution in [3.05, 3.63) is 0 Å². The van der Waals surface area contributed by atoms with Crippen LogP contribution >= 0.6 is 0 Å². The van der Waals surface area contributed by atoms with Gasteiger partial charge in [0.25, 0.3) is 0 Å². The van der Waals surface area contributed by atoms with Gasteiger partial charge in [-0.1, -0.05) is 13.8 Å². The van der Waals surface area contributed by atoms with Crippen LogP contribution in [0.4, 0.5) is 4.79 Å². The second-order valence-corrected chi connectivity index (χ2v) is 6.06. The highest BCUT2D eigenvalue weighted by Crippen LogP contribution is 2.38. The van der Waals surface area contributed by atoms with E-state index in [9.17, 15) is 19.8 Å². The van der Waals surface area contributed by atoms with Gasteiger partial charge in [0.1, 0.15) is 0 Å². The van der Waals surface area contributed by atoms with Crippen molar-refractivity contribution in [2.75, 3.05) is 40.4 Å². The number of likely N-dealkylation sites (N-methyl/N-ethyl adjacent to an activating group) is 1. The summed E-state index contributed by atoms with van der Waals surface area (Å²) in [6, 6.07) is -0.256. The summed E-state index contributed by atoms with van der Waals surface area (Å²) in [7, 11) is 3.08. The van der Waals surface area contributed by atoms with Gasteiger partial charge in [0.15, 0.2) is 0 Å². The van der Waals surface area contributed by atoms with Gasteiger partial charge in [0.05, 0.1) is 24.7 Å². The number of carbonyl (C=O) groups is 2. The maximum absolute atomic E-state index is 12.3. The smallest absolute Gasteiger partial charge is 0.319 e. The van der Waals surface area contributed by atoms with Crippen molar-refractivity contribution in [2.45, 2.75) is 26.4 Å². The van der Waals surface area contributed by atoms with Crippen molar-refractivity contribution in [1.29, 1.82) is 0 Å². The molecule has 1 saturated heterocycles. The van der Waals surface area contributed by atoms with Gasteiger partial charge in [-0.25, -0.2) is 4.79 Å². The molecule has 2 atom stereocenters. The molecule has 1 heterocycles. The summed E-state index contributed by atoms with van der Waals surface area (Å²) < 4.78 is 4.83. The molecule has 1 aliphatic rings. The van der Waals surface area contributed by atoms with Crippen molar-refractivity contribution in [2.24, 2.45) is 11.3 Å². The summed E-state index contributed by atoms with van der Waals surface area (Å²) in [5.74, 6) is -0.896. The van der Waals surface area contributed by atoms with Gasteiger partial charge in [0.2, 0.25) is 0 Å². The predicted octanol–water partition coefficient (Wildman–Crippen LogP) is 0.478. The van der Waals surface area contributed by atoms with Gasteiger partial charge >= 0.3 is 12.0 Å². The number of amides is 2. The molecule has 1 fully saturated rings. The molecule has 0 spiro atoms. The van der Waals surface area contributed by atoms with Crippen LogP contribution in [0.5, 0.6) is 0 Å². The van der Waals surface area contributed by atoms with Gasteiger partial charge < -0.3 is 24.7 Å². The van der Waals surface area contributed by atoms with E-state index in [1.54, 1.807) is 11.9 Å². The molecule has 0 aromatic rings. The third kappa shape index (κ3) is 3.85. The number of aliphatic hydroxyl groups is 1. The summed E-state index contributed by atoms with van der Waals surface area (Å²) in [6.07, 6.45) is -0.291. The predicted molar refractivity (Wildman–Crippen MR) is 77.0 cm³/mol. The number of hydrogen-bond acceptors (Lipinski definition) is 4. The molecule has 0 aromatic carbocycles. The Bertz CT molecular complexity index is 388. The molecule has 1 rings (SSSR count). The monoisotopic (exact) mass is 302 g/mol. The Balaban J connectivity index is 2.67. The first-order valence-electron chi connectivity index (χ1n) is 7.15. The fourth-order valence-corrected chi connectivity index (χ4v) is 2.77. The number of rotatable bonds is 6. The van der Waals surface area contributed by atoms with Crippen LogP contribution in [0, 0.1) is 11.3 Å². The molecule has 0 aliphatic carbocycles. The summed E-state index contributed by atoms with van der Waals surface area (Å²) >= 11 is 0. The number of aliphatic carboxylic acids is 1. The molecule has 2 N–H and O–H groups in total. The van der Waals surface area contributed by atoms with Crippen LogP contribution < -0.4 is 0 Å². The van der Waals surface area contributed by atoms with E-state index in [-0.39, 0.29) is 31.6 Å². The first-order valence-corrected chi connectivity index (χ1v) is 7.15. The topological polar surface area (TPSA) is 90.3 Å². The van der Waals surface area contributed by atoms with Crippen LogP contribution in [0.25, 0.3) is 0 Å². The van der Waals surface area contributed by atoms with Gasteiger partial charge in [-0.3, -0.25) is 4.79 Å². The number of hydrogen-bond donors (Lipinski definition) is 2. The standard InChI is InChI=1S/C14H26N2O5/c1-10(2)14(12(18)19)5-6-16(9-14)13(20)15(3)7-11(17)8-21-4/h10-11,17H,5-9H2,1-4H3,(H,18,19). The lowest BCUT2D eigenvalue weighted by atomic mass is 9.76. The molecular formula is C14H26N2O5. The first kappa shape index (κ1) is 17.7. The lowest BCUT2D eigenvalue weighted by Gasteiger charge is -2.30. The van der Waals surface area contributed by atoms with Crippen LogP contribution in [0.15, 0.2) is 0 Å². The number of aliphatic hydroxyl groups excluding tert-OH is 1. The summed E-state index contributed by atoms with van der Waals surface area (Å²) in [4.78, 5) is 26.8. The number of urea groups is 1. The summed E-state index contributed by atoms with van der Waals surface area (Å²) in [5, 5.41) is 19.1. The Morgan fingerprint density at radius 1 is 1.43 bits per heavy atom. The van der Waals surface area contributed by atoms with Crippen molar-refractivity contribution in [3.8, 4) is 0 Å². The number of methoxy groups -OCH3 is 1. The van der Waals surface area contributed by atoms with Crippen LogP contribution in [0.3, 0.4) is 0 Å². The van der Waals surface area contributed by atoms with E-state index in [4.69, 9.17) is 4.74 Å². The Labute approximate surface area is 125 Å². The van der Waals surface area contributed by atoms with E-state index in [0.29, 0.717) is 13.0 Å². The molecular weight excluding hydrogens is 276 g/mol. The number of carbonyl (C=O) groups excluding carboxylic acids is 1. The molecule has 0 bridgehead atoms. The second-order valence-electron chi connectivity index (χ2n) is 6.06. The van der Waals surface area contributed by atoms with E-state index >= 15 is 0 Å². The number of likely N-dealkylation sites (tertiary alicyclic amines) is 1. The molecule has 7 heteroatoms. The SMILES string of the molecule is COCC(O)CN(C)C(=O)N1CCC(C(=O)O)(C(C)C)C1. The molecule has 2 unspecified atom stereocenters. The van der Waals surface area contributed by atoms with Gasteiger partial charge in [-0.05, 0) is 12.3 Å². The molecule has 0 radical (unpaired) electrons. The molecule has 0 saturated carbocycles. The highest BCUT2D eigenvalue weighted by Gasteiger charge is 2.48. The normalized spacial score (nSPS) is 23.4. The van der Waals surface area contributed by atoms with Crippen LogP contribution in [0.2, 0.25) is 0 Å². The maximum Gasteiger partial charge on any atom is 0.319 e. The average molecular weight is 302 g/mol. The van der Waals surface area contributed by atoms with E-state index in [1.807, 2.05) is 13.8 Å². The third-order valence-corrected chi connectivity index (χ3v) is 4.27. The zero-order valence-electron chi connectivity index (χ0n) is 13.2. The Morgan fingerprint density at radius 2 is 2.05 bits per heavy atom. The number of carboxylic acids is 1. The Kier molecular flexibility index (Phi) is 5.98. The quantitative estimate of drug-likeness (QED) is 0.745. The highest BCUT2D eigenvalue weighted by atomic mass is 16.5.